The van der Waals surface area contributed by atoms with Crippen LogP contribution in [-0.4, -0.2) is 23.3 Å². The molecule has 0 aromatic carbocycles. The van der Waals surface area contributed by atoms with E-state index < -0.39 is 23.5 Å². The Labute approximate surface area is 110 Å². The van der Waals surface area contributed by atoms with Crippen molar-refractivity contribution in [2.24, 2.45) is 4.99 Å². The van der Waals surface area contributed by atoms with Crippen LogP contribution in [0.4, 0.5) is 8.78 Å². The summed E-state index contributed by atoms with van der Waals surface area (Å²) in [5.74, 6) is -0.589. The minimum absolute atomic E-state index is 0.177. The van der Waals surface area contributed by atoms with Gasteiger partial charge in [-0.05, 0) is 24.3 Å². The van der Waals surface area contributed by atoms with Crippen molar-refractivity contribution < 1.29 is 18.3 Å². The number of halogens is 2. The van der Waals surface area contributed by atoms with Crippen molar-refractivity contribution in [3.8, 4) is 5.95 Å². The smallest absolute Gasteiger partial charge is 0.347 e. The van der Waals surface area contributed by atoms with Gasteiger partial charge in [-0.25, -0.2) is 13.6 Å². The highest BCUT2D eigenvalue weighted by Gasteiger charge is 2.51. The predicted molar refractivity (Wildman–Crippen MR) is 67.6 cm³/mol. The third-order valence-electron chi connectivity index (χ3n) is 3.17. The summed E-state index contributed by atoms with van der Waals surface area (Å²) in [7, 11) is 0. The summed E-state index contributed by atoms with van der Waals surface area (Å²) in [6, 6.07) is 1.56. The normalized spacial score (nSPS) is 17.6. The lowest BCUT2D eigenvalue weighted by molar-refractivity contribution is 0.106. The highest BCUT2D eigenvalue weighted by Crippen LogP contribution is 2.45. The van der Waals surface area contributed by atoms with Gasteiger partial charge < -0.3 is 9.52 Å². The zero-order valence-electron chi connectivity index (χ0n) is 9.60. The second-order valence-corrected chi connectivity index (χ2v) is 5.35. The molecule has 100 valence electrons. The lowest BCUT2D eigenvalue weighted by atomic mass is 10.2. The summed E-state index contributed by atoms with van der Waals surface area (Å²) < 4.78 is 30.6. The highest BCUT2D eigenvalue weighted by molar-refractivity contribution is 7.17. The number of nitrogens with zero attached hydrogens (tertiary/aromatic N) is 1. The second-order valence-electron chi connectivity index (χ2n) is 4.43. The van der Waals surface area contributed by atoms with Crippen LogP contribution in [0.2, 0.25) is 0 Å². The monoisotopic (exact) mass is 285 g/mol. The fraction of sp³-hybridized carbons (Fsp3) is 0.333. The molecule has 1 aliphatic rings. The molecule has 0 atom stereocenters. The maximum Gasteiger partial charge on any atom is 0.347 e. The Balaban J connectivity index is 2.09. The molecule has 3 rings (SSSR count). The van der Waals surface area contributed by atoms with Gasteiger partial charge in [0.15, 0.2) is 0 Å². The molecule has 0 saturated heterocycles. The Morgan fingerprint density at radius 3 is 2.89 bits per heavy atom. The van der Waals surface area contributed by atoms with Crippen LogP contribution in [0.15, 0.2) is 25.7 Å². The van der Waals surface area contributed by atoms with E-state index >= 15 is 0 Å². The Morgan fingerprint density at radius 2 is 2.26 bits per heavy atom. The maximum absolute atomic E-state index is 12.7. The standard InChI is InChI=1S/C12H9F2NO3S/c13-11(14)12(2-3-12)15-5-7-8-6(1-4-19-8)9(16)18-10(7)17/h1,4-5,11,17H,2-3H2. The van der Waals surface area contributed by atoms with E-state index in [-0.39, 0.29) is 5.56 Å². The molecule has 0 bridgehead atoms. The highest BCUT2D eigenvalue weighted by atomic mass is 32.1. The minimum Gasteiger partial charge on any atom is -0.480 e. The first-order chi connectivity index (χ1) is 9.03. The molecule has 0 amide bonds. The molecule has 7 heteroatoms. The van der Waals surface area contributed by atoms with Crippen molar-refractivity contribution >= 4 is 27.6 Å². The molecule has 0 aliphatic heterocycles. The molecule has 0 unspecified atom stereocenters. The van der Waals surface area contributed by atoms with Gasteiger partial charge in [0.25, 0.3) is 12.4 Å². The van der Waals surface area contributed by atoms with Crippen molar-refractivity contribution in [2.75, 3.05) is 0 Å². The number of aromatic hydroxyl groups is 1. The molecule has 0 radical (unpaired) electrons. The molecule has 2 heterocycles. The van der Waals surface area contributed by atoms with Crippen LogP contribution in [0.3, 0.4) is 0 Å². The molecular formula is C12H9F2NO3S. The van der Waals surface area contributed by atoms with E-state index in [9.17, 15) is 18.7 Å². The Morgan fingerprint density at radius 1 is 1.53 bits per heavy atom. The van der Waals surface area contributed by atoms with Gasteiger partial charge in [0.05, 0.1) is 15.6 Å². The van der Waals surface area contributed by atoms with Crippen LogP contribution < -0.4 is 5.63 Å². The van der Waals surface area contributed by atoms with Crippen LogP contribution in [-0.2, 0) is 0 Å². The summed E-state index contributed by atoms with van der Waals surface area (Å²) in [6.07, 6.45) is -0.699. The van der Waals surface area contributed by atoms with E-state index in [0.29, 0.717) is 22.9 Å². The summed E-state index contributed by atoms with van der Waals surface area (Å²) in [4.78, 5) is 15.3. The fourth-order valence-electron chi connectivity index (χ4n) is 1.81. The van der Waals surface area contributed by atoms with Crippen molar-refractivity contribution in [3.63, 3.8) is 0 Å². The molecule has 1 N–H and O–H groups in total. The van der Waals surface area contributed by atoms with Crippen LogP contribution in [0.1, 0.15) is 18.4 Å². The number of thiophene rings is 1. The fourth-order valence-corrected chi connectivity index (χ4v) is 2.70. The average Bonchev–Trinajstić information content (AvgIpc) is 2.98. The number of aliphatic imine (C=N–C) groups is 1. The van der Waals surface area contributed by atoms with Crippen molar-refractivity contribution in [1.29, 1.82) is 0 Å². The zero-order chi connectivity index (χ0) is 13.6. The third-order valence-corrected chi connectivity index (χ3v) is 4.12. The molecule has 1 fully saturated rings. The first-order valence-corrected chi connectivity index (χ1v) is 6.48. The molecule has 1 aliphatic carbocycles. The van der Waals surface area contributed by atoms with Crippen LogP contribution in [0, 0.1) is 0 Å². The molecule has 0 spiro atoms. The lowest BCUT2D eigenvalue weighted by Gasteiger charge is -2.07. The van der Waals surface area contributed by atoms with Gasteiger partial charge >= 0.3 is 5.63 Å². The second kappa shape index (κ2) is 4.12. The van der Waals surface area contributed by atoms with Gasteiger partial charge in [-0.1, -0.05) is 0 Å². The van der Waals surface area contributed by atoms with Gasteiger partial charge in [0.1, 0.15) is 5.54 Å². The van der Waals surface area contributed by atoms with E-state index in [2.05, 4.69) is 9.41 Å². The van der Waals surface area contributed by atoms with Gasteiger partial charge in [0.2, 0.25) is 0 Å². The van der Waals surface area contributed by atoms with E-state index in [1.807, 2.05) is 0 Å². The van der Waals surface area contributed by atoms with Gasteiger partial charge in [-0.2, -0.15) is 0 Å². The van der Waals surface area contributed by atoms with E-state index in [1.54, 1.807) is 11.4 Å². The molecule has 4 nitrogen and oxygen atoms in total. The summed E-state index contributed by atoms with van der Waals surface area (Å²) in [6.45, 7) is 0. The number of hydrogen-bond acceptors (Lipinski definition) is 5. The first-order valence-electron chi connectivity index (χ1n) is 5.60. The Hall–Kier alpha value is -1.76. The van der Waals surface area contributed by atoms with Gasteiger partial charge in [-0.15, -0.1) is 11.3 Å². The SMILES string of the molecule is O=c1oc(O)c(C=NC2(C(F)F)CC2)c2sccc12. The zero-order valence-corrected chi connectivity index (χ0v) is 10.4. The Kier molecular flexibility index (Phi) is 2.67. The summed E-state index contributed by atoms with van der Waals surface area (Å²) in [5, 5.41) is 11.6. The molecule has 19 heavy (non-hydrogen) atoms. The van der Waals surface area contributed by atoms with E-state index in [4.69, 9.17) is 0 Å². The number of alkyl halides is 2. The van der Waals surface area contributed by atoms with Crippen LogP contribution in [0.5, 0.6) is 5.95 Å². The number of hydrogen-bond donors (Lipinski definition) is 1. The number of rotatable bonds is 3. The lowest BCUT2D eigenvalue weighted by Crippen LogP contribution is -2.17. The minimum atomic E-state index is -2.53. The van der Waals surface area contributed by atoms with Crippen LogP contribution >= 0.6 is 11.3 Å². The largest absolute Gasteiger partial charge is 0.480 e. The quantitative estimate of drug-likeness (QED) is 0.882. The first kappa shape index (κ1) is 12.3. The van der Waals surface area contributed by atoms with E-state index in [1.165, 1.54) is 17.6 Å². The van der Waals surface area contributed by atoms with E-state index in [0.717, 1.165) is 0 Å². The average molecular weight is 285 g/mol. The topological polar surface area (TPSA) is 62.8 Å². The van der Waals surface area contributed by atoms with Crippen molar-refractivity contribution in [2.45, 2.75) is 24.8 Å². The Bertz CT molecular complexity index is 715. The van der Waals surface area contributed by atoms with Gasteiger partial charge in [-0.3, -0.25) is 4.99 Å². The molecule has 1 saturated carbocycles. The molecule has 2 aromatic rings. The van der Waals surface area contributed by atoms with Crippen LogP contribution in [0.25, 0.3) is 10.1 Å². The van der Waals surface area contributed by atoms with Crippen molar-refractivity contribution in [1.82, 2.24) is 0 Å². The summed E-state index contributed by atoms with van der Waals surface area (Å²) in [5.41, 5.74) is -1.80. The third kappa shape index (κ3) is 1.94. The van der Waals surface area contributed by atoms with Gasteiger partial charge in [0, 0.05) is 6.21 Å². The molecular weight excluding hydrogens is 276 g/mol. The van der Waals surface area contributed by atoms with Crippen molar-refractivity contribution in [3.05, 3.63) is 27.4 Å². The maximum atomic E-state index is 12.7. The predicted octanol–water partition coefficient (Wildman–Crippen LogP) is 2.78. The summed E-state index contributed by atoms with van der Waals surface area (Å²) >= 11 is 1.22. The molecule has 2 aromatic heterocycles. The number of fused-ring (bicyclic) bond motifs is 1.